The zero-order chi connectivity index (χ0) is 25.5. The quantitative estimate of drug-likeness (QED) is 0.199. The lowest BCUT2D eigenvalue weighted by molar-refractivity contribution is 0.410. The third kappa shape index (κ3) is 5.89. The SMILES string of the molecule is CC1c2ccccc2C=CC1(CNCCCc1ccc(C#Cc2ccccc2)cc1)c1ccc(Cl)cc1. The van der Waals surface area contributed by atoms with Crippen molar-refractivity contribution in [1.29, 1.82) is 0 Å². The van der Waals surface area contributed by atoms with Gasteiger partial charge in [0.1, 0.15) is 0 Å². The van der Waals surface area contributed by atoms with Crippen molar-refractivity contribution >= 4 is 17.7 Å². The average molecular weight is 502 g/mol. The van der Waals surface area contributed by atoms with Crippen molar-refractivity contribution in [3.8, 4) is 11.8 Å². The number of benzene rings is 4. The summed E-state index contributed by atoms with van der Waals surface area (Å²) in [6.45, 7) is 4.20. The van der Waals surface area contributed by atoms with Gasteiger partial charge in [0.05, 0.1) is 0 Å². The van der Waals surface area contributed by atoms with Crippen molar-refractivity contribution in [2.45, 2.75) is 31.1 Å². The first-order valence-corrected chi connectivity index (χ1v) is 13.4. The van der Waals surface area contributed by atoms with E-state index in [1.165, 1.54) is 22.3 Å². The van der Waals surface area contributed by atoms with Crippen LogP contribution in [0.2, 0.25) is 5.02 Å². The predicted octanol–water partition coefficient (Wildman–Crippen LogP) is 8.03. The van der Waals surface area contributed by atoms with Crippen LogP contribution in [-0.4, -0.2) is 13.1 Å². The number of hydrogen-bond acceptors (Lipinski definition) is 1. The van der Waals surface area contributed by atoms with Gasteiger partial charge in [0.2, 0.25) is 0 Å². The molecule has 1 aliphatic rings. The molecule has 2 atom stereocenters. The zero-order valence-corrected chi connectivity index (χ0v) is 22.0. The van der Waals surface area contributed by atoms with Crippen LogP contribution in [0.4, 0.5) is 0 Å². The maximum absolute atomic E-state index is 6.23. The van der Waals surface area contributed by atoms with Crippen LogP contribution in [0.1, 0.15) is 52.6 Å². The van der Waals surface area contributed by atoms with E-state index in [-0.39, 0.29) is 5.41 Å². The molecule has 0 saturated heterocycles. The Kier molecular flexibility index (Phi) is 7.90. The van der Waals surface area contributed by atoms with E-state index in [4.69, 9.17) is 11.6 Å². The van der Waals surface area contributed by atoms with Crippen LogP contribution in [0.15, 0.2) is 109 Å². The van der Waals surface area contributed by atoms with Gasteiger partial charge < -0.3 is 5.32 Å². The van der Waals surface area contributed by atoms with E-state index in [0.717, 1.165) is 42.1 Å². The van der Waals surface area contributed by atoms with Gasteiger partial charge in [-0.1, -0.05) is 109 Å². The second kappa shape index (κ2) is 11.7. The normalized spacial score (nSPS) is 18.1. The first kappa shape index (κ1) is 25.1. The molecule has 0 bridgehead atoms. The molecule has 5 rings (SSSR count). The molecular weight excluding hydrogens is 470 g/mol. The highest BCUT2D eigenvalue weighted by Crippen LogP contribution is 2.45. The Balaban J connectivity index is 1.20. The van der Waals surface area contributed by atoms with E-state index in [1.54, 1.807) is 0 Å². The Labute approximate surface area is 226 Å². The summed E-state index contributed by atoms with van der Waals surface area (Å²) in [5.74, 6) is 6.84. The van der Waals surface area contributed by atoms with Gasteiger partial charge in [-0.05, 0) is 84.0 Å². The highest BCUT2D eigenvalue weighted by molar-refractivity contribution is 6.30. The van der Waals surface area contributed by atoms with Crippen molar-refractivity contribution in [2.75, 3.05) is 13.1 Å². The zero-order valence-electron chi connectivity index (χ0n) is 21.3. The number of aryl methyl sites for hydroxylation is 1. The lowest BCUT2D eigenvalue weighted by Crippen LogP contribution is -2.42. The minimum atomic E-state index is -0.113. The lowest BCUT2D eigenvalue weighted by Gasteiger charge is -2.41. The lowest BCUT2D eigenvalue weighted by atomic mass is 9.64. The molecule has 0 fully saturated rings. The molecule has 1 aliphatic carbocycles. The standard InChI is InChI=1S/C35H32ClN/c1-27-34-12-6-5-11-31(34)23-24-35(27,32-19-21-33(36)22-20-32)26-37-25-7-10-29-14-17-30(18-15-29)16-13-28-8-3-2-4-9-28/h2-6,8-9,11-12,14-15,17-24,27,37H,7,10,25-26H2,1H3. The van der Waals surface area contributed by atoms with Crippen LogP contribution in [0.5, 0.6) is 0 Å². The van der Waals surface area contributed by atoms with Crippen LogP contribution in [-0.2, 0) is 11.8 Å². The number of fused-ring (bicyclic) bond motifs is 1. The molecule has 4 aromatic rings. The number of rotatable bonds is 7. The molecule has 0 aliphatic heterocycles. The number of hydrogen-bond donors (Lipinski definition) is 1. The molecule has 2 unspecified atom stereocenters. The summed E-state index contributed by atoms with van der Waals surface area (Å²) >= 11 is 6.23. The van der Waals surface area contributed by atoms with E-state index in [0.29, 0.717) is 5.92 Å². The van der Waals surface area contributed by atoms with Crippen molar-refractivity contribution in [1.82, 2.24) is 5.32 Å². The van der Waals surface area contributed by atoms with Gasteiger partial charge in [-0.15, -0.1) is 0 Å². The summed E-state index contributed by atoms with van der Waals surface area (Å²) in [6.07, 6.45) is 6.81. The van der Waals surface area contributed by atoms with E-state index in [1.807, 2.05) is 42.5 Å². The second-order valence-electron chi connectivity index (χ2n) is 9.82. The largest absolute Gasteiger partial charge is 0.315 e. The fourth-order valence-corrected chi connectivity index (χ4v) is 5.40. The summed E-state index contributed by atoms with van der Waals surface area (Å²) in [5, 5.41) is 4.56. The molecule has 1 N–H and O–H groups in total. The molecule has 0 spiro atoms. The molecule has 0 aromatic heterocycles. The van der Waals surface area contributed by atoms with Gasteiger partial charge in [-0.25, -0.2) is 0 Å². The summed E-state index contributed by atoms with van der Waals surface area (Å²) in [6, 6.07) is 35.9. The molecule has 4 aromatic carbocycles. The smallest absolute Gasteiger partial charge is 0.0406 e. The highest BCUT2D eigenvalue weighted by Gasteiger charge is 2.39. The Morgan fingerprint density at radius 2 is 1.46 bits per heavy atom. The molecule has 37 heavy (non-hydrogen) atoms. The van der Waals surface area contributed by atoms with Crippen molar-refractivity contribution in [3.05, 3.63) is 148 Å². The first-order chi connectivity index (χ1) is 18.1. The fraction of sp³-hybridized carbons (Fsp3) is 0.200. The third-order valence-electron chi connectivity index (χ3n) is 7.49. The number of halogens is 1. The Morgan fingerprint density at radius 3 is 2.22 bits per heavy atom. The first-order valence-electron chi connectivity index (χ1n) is 13.0. The Morgan fingerprint density at radius 1 is 0.784 bits per heavy atom. The third-order valence-corrected chi connectivity index (χ3v) is 7.74. The molecule has 0 heterocycles. The van der Waals surface area contributed by atoms with E-state index < -0.39 is 0 Å². The van der Waals surface area contributed by atoms with Gasteiger partial charge in [0.15, 0.2) is 0 Å². The van der Waals surface area contributed by atoms with Crippen molar-refractivity contribution in [2.24, 2.45) is 0 Å². The van der Waals surface area contributed by atoms with Gasteiger partial charge in [-0.3, -0.25) is 0 Å². The van der Waals surface area contributed by atoms with Gasteiger partial charge in [-0.2, -0.15) is 0 Å². The summed E-state index contributed by atoms with van der Waals surface area (Å²) < 4.78 is 0. The molecule has 184 valence electrons. The monoisotopic (exact) mass is 501 g/mol. The van der Waals surface area contributed by atoms with E-state index in [9.17, 15) is 0 Å². The van der Waals surface area contributed by atoms with Crippen molar-refractivity contribution < 1.29 is 0 Å². The number of nitrogens with one attached hydrogen (secondary N) is 1. The maximum Gasteiger partial charge on any atom is 0.0406 e. The van der Waals surface area contributed by atoms with Crippen LogP contribution < -0.4 is 5.32 Å². The molecule has 1 nitrogen and oxygen atoms in total. The fourth-order valence-electron chi connectivity index (χ4n) is 5.27. The summed E-state index contributed by atoms with van der Waals surface area (Å²) in [5.41, 5.74) is 7.34. The Bertz CT molecular complexity index is 1410. The topological polar surface area (TPSA) is 12.0 Å². The molecule has 2 heteroatoms. The van der Waals surface area contributed by atoms with Gasteiger partial charge >= 0.3 is 0 Å². The predicted molar refractivity (Wildman–Crippen MR) is 157 cm³/mol. The van der Waals surface area contributed by atoms with Gasteiger partial charge in [0.25, 0.3) is 0 Å². The van der Waals surface area contributed by atoms with Crippen LogP contribution in [0, 0.1) is 11.8 Å². The van der Waals surface area contributed by atoms with Crippen LogP contribution in [0.25, 0.3) is 6.08 Å². The second-order valence-corrected chi connectivity index (χ2v) is 10.3. The van der Waals surface area contributed by atoms with Crippen LogP contribution >= 0.6 is 11.6 Å². The van der Waals surface area contributed by atoms with E-state index >= 15 is 0 Å². The molecular formula is C35H32ClN. The molecule has 0 amide bonds. The maximum atomic E-state index is 6.23. The summed E-state index contributed by atoms with van der Waals surface area (Å²) in [7, 11) is 0. The van der Waals surface area contributed by atoms with Crippen LogP contribution in [0.3, 0.4) is 0 Å². The highest BCUT2D eigenvalue weighted by atomic mass is 35.5. The molecule has 0 radical (unpaired) electrons. The molecule has 0 saturated carbocycles. The summed E-state index contributed by atoms with van der Waals surface area (Å²) in [4.78, 5) is 0. The Hall–Kier alpha value is -3.57. The minimum Gasteiger partial charge on any atom is -0.315 e. The average Bonchev–Trinajstić information content (AvgIpc) is 2.95. The van der Waals surface area contributed by atoms with Crippen molar-refractivity contribution in [3.63, 3.8) is 0 Å². The minimum absolute atomic E-state index is 0.113. The van der Waals surface area contributed by atoms with Gasteiger partial charge in [0, 0.05) is 28.1 Å². The van der Waals surface area contributed by atoms with E-state index in [2.05, 4.69) is 96.9 Å².